The number of hydrogen-bond donors (Lipinski definition) is 2. The zero-order chi connectivity index (χ0) is 24.7. The second kappa shape index (κ2) is 9.24. The van der Waals surface area contributed by atoms with Gasteiger partial charge < -0.3 is 24.6 Å². The summed E-state index contributed by atoms with van der Waals surface area (Å²) in [5.41, 5.74) is 5.66. The molecule has 0 aliphatic carbocycles. The smallest absolute Gasteiger partial charge is 0.174 e. The van der Waals surface area contributed by atoms with E-state index in [-0.39, 0.29) is 17.8 Å². The monoisotopic (exact) mass is 504 g/mol. The number of phenols is 1. The molecule has 4 aromatic rings. The lowest BCUT2D eigenvalue weighted by molar-refractivity contribution is 0.414. The quantitative estimate of drug-likeness (QED) is 0.323. The fraction of sp³-hybridized carbons (Fsp3) is 0.185. The van der Waals surface area contributed by atoms with Crippen LogP contribution >= 0.6 is 23.8 Å². The third-order valence-electron chi connectivity index (χ3n) is 6.41. The number of phenolic OH excluding ortho intramolecular Hbond substituents is 1. The summed E-state index contributed by atoms with van der Waals surface area (Å²) >= 11 is 12.1. The maximum atomic E-state index is 10.8. The average Bonchev–Trinajstić information content (AvgIpc) is 3.36. The predicted octanol–water partition coefficient (Wildman–Crippen LogP) is 6.03. The molecule has 0 unspecified atom stereocenters. The van der Waals surface area contributed by atoms with Crippen LogP contribution in [0.25, 0.3) is 5.69 Å². The Bertz CT molecular complexity index is 1390. The molecule has 0 saturated carbocycles. The van der Waals surface area contributed by atoms with Crippen LogP contribution in [0.5, 0.6) is 11.5 Å². The van der Waals surface area contributed by atoms with E-state index in [9.17, 15) is 5.11 Å². The summed E-state index contributed by atoms with van der Waals surface area (Å²) in [6, 6.07) is 20.5. The fourth-order valence-electron chi connectivity index (χ4n) is 4.84. The largest absolute Gasteiger partial charge is 0.506 e. The SMILES string of the molecule is COc1ccc(-n2c(C)cc([C@@H]3[C@@H](c4ccccn4)NC(=S)N3c3cc(Cl)ccc3O)c2C)cc1. The highest BCUT2D eigenvalue weighted by atomic mass is 35.5. The summed E-state index contributed by atoms with van der Waals surface area (Å²) < 4.78 is 7.54. The van der Waals surface area contributed by atoms with Crippen LogP contribution in [0.3, 0.4) is 0 Å². The standard InChI is InChI=1S/C27H25ClN4O2S/c1-16-14-21(17(2)31(16)19-8-10-20(34-3)11-9-19)26-25(22-6-4-5-13-29-22)30-27(35)32(26)23-15-18(28)7-12-24(23)33/h4-15,25-26,33H,1-3H3,(H,30,35)/t25-,26-/m1/s1. The van der Waals surface area contributed by atoms with Gasteiger partial charge in [-0.2, -0.15) is 0 Å². The minimum absolute atomic E-state index is 0.106. The molecule has 0 spiro atoms. The molecule has 8 heteroatoms. The topological polar surface area (TPSA) is 62.5 Å². The Morgan fingerprint density at radius 1 is 1.06 bits per heavy atom. The zero-order valence-corrected chi connectivity index (χ0v) is 21.1. The van der Waals surface area contributed by atoms with E-state index in [4.69, 9.17) is 28.6 Å². The Morgan fingerprint density at radius 2 is 1.83 bits per heavy atom. The van der Waals surface area contributed by atoms with Gasteiger partial charge in [0, 0.05) is 28.3 Å². The number of rotatable bonds is 5. The molecule has 0 amide bonds. The summed E-state index contributed by atoms with van der Waals surface area (Å²) in [5.74, 6) is 0.911. The Balaban J connectivity index is 1.68. The number of aryl methyl sites for hydroxylation is 1. The van der Waals surface area contributed by atoms with E-state index in [1.54, 1.807) is 31.5 Å². The van der Waals surface area contributed by atoms with Gasteiger partial charge in [-0.3, -0.25) is 4.98 Å². The highest BCUT2D eigenvalue weighted by molar-refractivity contribution is 7.80. The summed E-state index contributed by atoms with van der Waals surface area (Å²) in [5, 5.41) is 15.2. The van der Waals surface area contributed by atoms with E-state index in [0.29, 0.717) is 15.8 Å². The molecule has 1 aliphatic rings. The minimum Gasteiger partial charge on any atom is -0.506 e. The second-order valence-electron chi connectivity index (χ2n) is 8.49. The van der Waals surface area contributed by atoms with E-state index in [1.807, 2.05) is 47.4 Å². The molecule has 0 radical (unpaired) electrons. The molecular weight excluding hydrogens is 480 g/mol. The lowest BCUT2D eigenvalue weighted by Crippen LogP contribution is -2.29. The van der Waals surface area contributed by atoms with Crippen molar-refractivity contribution in [3.8, 4) is 17.2 Å². The molecule has 6 nitrogen and oxygen atoms in total. The number of nitrogens with zero attached hydrogens (tertiary/aromatic N) is 3. The Morgan fingerprint density at radius 3 is 2.51 bits per heavy atom. The molecule has 0 bridgehead atoms. The fourth-order valence-corrected chi connectivity index (χ4v) is 5.34. The van der Waals surface area contributed by atoms with Gasteiger partial charge in [0.05, 0.1) is 30.6 Å². The van der Waals surface area contributed by atoms with Crippen LogP contribution in [-0.2, 0) is 0 Å². The maximum absolute atomic E-state index is 10.8. The molecule has 2 aromatic carbocycles. The van der Waals surface area contributed by atoms with Crippen LogP contribution in [-0.4, -0.2) is 26.9 Å². The highest BCUT2D eigenvalue weighted by Crippen LogP contribution is 2.46. The van der Waals surface area contributed by atoms with Gasteiger partial charge in [0.15, 0.2) is 5.11 Å². The molecule has 3 heterocycles. The lowest BCUT2D eigenvalue weighted by Gasteiger charge is -2.28. The number of pyridine rings is 1. The van der Waals surface area contributed by atoms with Gasteiger partial charge in [-0.05, 0) is 92.3 Å². The van der Waals surface area contributed by atoms with Crippen molar-refractivity contribution in [2.45, 2.75) is 25.9 Å². The first-order chi connectivity index (χ1) is 16.9. The number of benzene rings is 2. The molecule has 178 valence electrons. The van der Waals surface area contributed by atoms with E-state index < -0.39 is 0 Å². The molecule has 2 atom stereocenters. The average molecular weight is 505 g/mol. The summed E-state index contributed by atoms with van der Waals surface area (Å²) in [6.07, 6.45) is 1.78. The van der Waals surface area contributed by atoms with Crippen molar-refractivity contribution in [1.29, 1.82) is 0 Å². The molecule has 5 rings (SSSR count). The van der Waals surface area contributed by atoms with Crippen molar-refractivity contribution >= 4 is 34.6 Å². The number of methoxy groups -OCH3 is 1. The van der Waals surface area contributed by atoms with Gasteiger partial charge in [0.25, 0.3) is 0 Å². The maximum Gasteiger partial charge on any atom is 0.174 e. The van der Waals surface area contributed by atoms with Crippen molar-refractivity contribution in [2.24, 2.45) is 0 Å². The van der Waals surface area contributed by atoms with Gasteiger partial charge in [0.1, 0.15) is 11.5 Å². The van der Waals surface area contributed by atoms with Crippen LogP contribution in [0.15, 0.2) is 72.9 Å². The Hall–Kier alpha value is -3.55. The number of ether oxygens (including phenoxy) is 1. The molecule has 2 aromatic heterocycles. The normalized spacial score (nSPS) is 17.5. The first kappa shape index (κ1) is 23.2. The van der Waals surface area contributed by atoms with E-state index in [1.165, 1.54) is 0 Å². The number of aromatic nitrogens is 2. The van der Waals surface area contributed by atoms with Crippen molar-refractivity contribution in [2.75, 3.05) is 12.0 Å². The molecule has 2 N–H and O–H groups in total. The highest BCUT2D eigenvalue weighted by Gasteiger charge is 2.43. The van der Waals surface area contributed by atoms with Crippen LogP contribution in [0.2, 0.25) is 5.02 Å². The third-order valence-corrected chi connectivity index (χ3v) is 6.96. The Kier molecular flexibility index (Phi) is 6.13. The summed E-state index contributed by atoms with van der Waals surface area (Å²) in [4.78, 5) is 6.56. The number of aromatic hydroxyl groups is 1. The van der Waals surface area contributed by atoms with Crippen LogP contribution < -0.4 is 15.0 Å². The minimum atomic E-state index is -0.264. The second-order valence-corrected chi connectivity index (χ2v) is 9.31. The van der Waals surface area contributed by atoms with Crippen molar-refractivity contribution in [3.05, 3.63) is 101 Å². The van der Waals surface area contributed by atoms with E-state index >= 15 is 0 Å². The molecule has 1 aliphatic heterocycles. The van der Waals surface area contributed by atoms with Crippen molar-refractivity contribution < 1.29 is 9.84 Å². The van der Waals surface area contributed by atoms with Crippen molar-refractivity contribution in [1.82, 2.24) is 14.9 Å². The van der Waals surface area contributed by atoms with Crippen LogP contribution in [0.4, 0.5) is 5.69 Å². The number of anilines is 1. The van der Waals surface area contributed by atoms with Crippen molar-refractivity contribution in [3.63, 3.8) is 0 Å². The van der Waals surface area contributed by atoms with Gasteiger partial charge in [-0.25, -0.2) is 0 Å². The first-order valence-corrected chi connectivity index (χ1v) is 12.0. The first-order valence-electron chi connectivity index (χ1n) is 11.2. The molecular formula is C27H25ClN4O2S. The third kappa shape index (κ3) is 4.11. The van der Waals surface area contributed by atoms with Crippen LogP contribution in [0.1, 0.15) is 34.7 Å². The Labute approximate surface area is 214 Å². The van der Waals surface area contributed by atoms with E-state index in [2.05, 4.69) is 34.8 Å². The lowest BCUT2D eigenvalue weighted by atomic mass is 9.96. The molecule has 1 saturated heterocycles. The van der Waals surface area contributed by atoms with E-state index in [0.717, 1.165) is 34.1 Å². The predicted molar refractivity (Wildman–Crippen MR) is 143 cm³/mol. The molecule has 35 heavy (non-hydrogen) atoms. The zero-order valence-electron chi connectivity index (χ0n) is 19.6. The number of halogens is 1. The number of thiocarbonyl (C=S) groups is 1. The summed E-state index contributed by atoms with van der Waals surface area (Å²) in [6.45, 7) is 4.18. The van der Waals surface area contributed by atoms with Crippen LogP contribution in [0, 0.1) is 13.8 Å². The van der Waals surface area contributed by atoms with Gasteiger partial charge in [0.2, 0.25) is 0 Å². The number of hydrogen-bond acceptors (Lipinski definition) is 4. The number of nitrogens with one attached hydrogen (secondary N) is 1. The summed E-state index contributed by atoms with van der Waals surface area (Å²) in [7, 11) is 1.66. The van der Waals surface area contributed by atoms with Gasteiger partial charge in [-0.15, -0.1) is 0 Å². The van der Waals surface area contributed by atoms with Gasteiger partial charge >= 0.3 is 0 Å². The molecule has 1 fully saturated rings. The van der Waals surface area contributed by atoms with Gasteiger partial charge in [-0.1, -0.05) is 17.7 Å².